The monoisotopic (exact) mass is 569 g/mol. The number of rotatable bonds is 9. The van der Waals surface area contributed by atoms with Crippen LogP contribution in [0.1, 0.15) is 25.3 Å². The maximum Gasteiger partial charge on any atom is 0.166 e. The number of nitrogens with one attached hydrogen (secondary N) is 1. The zero-order chi connectivity index (χ0) is 27.9. The van der Waals surface area contributed by atoms with Crippen LogP contribution in [0.2, 0.25) is 5.15 Å². The molecule has 1 fully saturated rings. The molecule has 0 saturated carbocycles. The zero-order valence-corrected chi connectivity index (χ0v) is 23.6. The zero-order valence-electron chi connectivity index (χ0n) is 22.0. The number of aromatic nitrogens is 5. The first kappa shape index (κ1) is 27.3. The molecule has 4 heterocycles. The smallest absolute Gasteiger partial charge is 0.166 e. The minimum atomic E-state index is -3.10. The van der Waals surface area contributed by atoms with Gasteiger partial charge in [-0.15, -0.1) is 0 Å². The van der Waals surface area contributed by atoms with Gasteiger partial charge < -0.3 is 21.7 Å². The summed E-state index contributed by atoms with van der Waals surface area (Å²) in [6, 6.07) is 7.91. The predicted molar refractivity (Wildman–Crippen MR) is 155 cm³/mol. The summed E-state index contributed by atoms with van der Waals surface area (Å²) in [7, 11) is -3.10. The second-order valence-corrected chi connectivity index (χ2v) is 12.8. The van der Waals surface area contributed by atoms with Gasteiger partial charge in [-0.05, 0) is 35.1 Å². The van der Waals surface area contributed by atoms with Gasteiger partial charge in [0.2, 0.25) is 0 Å². The summed E-state index contributed by atoms with van der Waals surface area (Å²) < 4.78 is 25.2. The van der Waals surface area contributed by atoms with Gasteiger partial charge in [-0.25, -0.2) is 23.4 Å². The molecule has 1 aliphatic rings. The van der Waals surface area contributed by atoms with Gasteiger partial charge in [-0.3, -0.25) is 4.68 Å². The highest BCUT2D eigenvalue weighted by atomic mass is 35.5. The maximum absolute atomic E-state index is 11.8. The van der Waals surface area contributed by atoms with Crippen molar-refractivity contribution < 1.29 is 8.42 Å². The molecule has 2 atom stereocenters. The lowest BCUT2D eigenvalue weighted by Crippen LogP contribution is -2.63. The first-order valence-electron chi connectivity index (χ1n) is 12.7. The number of anilines is 3. The van der Waals surface area contributed by atoms with Gasteiger partial charge in [0.05, 0.1) is 24.0 Å². The minimum Gasteiger partial charge on any atom is -0.355 e. The largest absolute Gasteiger partial charge is 0.355 e. The van der Waals surface area contributed by atoms with Crippen molar-refractivity contribution in [1.29, 1.82) is 0 Å². The molecule has 0 radical (unpaired) electrons. The van der Waals surface area contributed by atoms with Gasteiger partial charge in [-0.1, -0.05) is 31.5 Å². The Morgan fingerprint density at radius 2 is 1.97 bits per heavy atom. The molecule has 0 amide bonds. The topological polar surface area (TPSA) is 158 Å². The molecule has 13 heteroatoms. The maximum atomic E-state index is 11.8. The molecule has 11 nitrogen and oxygen atoms in total. The van der Waals surface area contributed by atoms with E-state index >= 15 is 0 Å². The van der Waals surface area contributed by atoms with E-state index < -0.39 is 9.84 Å². The van der Waals surface area contributed by atoms with Crippen LogP contribution >= 0.6 is 11.6 Å². The van der Waals surface area contributed by atoms with Crippen molar-refractivity contribution in [3.63, 3.8) is 0 Å². The Morgan fingerprint density at radius 1 is 1.18 bits per heavy atom. The van der Waals surface area contributed by atoms with Crippen LogP contribution < -0.4 is 21.7 Å². The Morgan fingerprint density at radius 3 is 2.67 bits per heavy atom. The molecule has 3 aromatic heterocycles. The fourth-order valence-electron chi connectivity index (χ4n) is 4.95. The van der Waals surface area contributed by atoms with Gasteiger partial charge in [0.15, 0.2) is 11.0 Å². The highest BCUT2D eigenvalue weighted by molar-refractivity contribution is 7.90. The van der Waals surface area contributed by atoms with Crippen molar-refractivity contribution in [3.8, 4) is 11.4 Å². The van der Waals surface area contributed by atoms with Gasteiger partial charge in [0, 0.05) is 54.9 Å². The molecule has 1 aliphatic heterocycles. The SMILES string of the molecule is CC(C)c1ccc(N2C[C@H](CS(C)(=O)=O)[C@H]2N)c2cnc(Nc3ccnc(-c4cn(CCN)nc4Cl)n3)cc12. The average Bonchev–Trinajstić information content (AvgIpc) is 3.25. The Kier molecular flexibility index (Phi) is 7.47. The molecular formula is C26H32ClN9O2S. The van der Waals surface area contributed by atoms with E-state index in [-0.39, 0.29) is 23.8 Å². The van der Waals surface area contributed by atoms with Crippen LogP contribution in [0, 0.1) is 5.92 Å². The van der Waals surface area contributed by atoms with E-state index in [1.54, 1.807) is 23.1 Å². The lowest BCUT2D eigenvalue weighted by Gasteiger charge is -2.47. The van der Waals surface area contributed by atoms with Crippen molar-refractivity contribution in [3.05, 3.63) is 53.6 Å². The number of benzene rings is 1. The molecular weight excluding hydrogens is 538 g/mol. The van der Waals surface area contributed by atoms with E-state index in [1.807, 2.05) is 23.2 Å². The van der Waals surface area contributed by atoms with Crippen LogP contribution in [0.5, 0.6) is 0 Å². The molecule has 1 aromatic carbocycles. The number of halogens is 1. The number of sulfone groups is 1. The van der Waals surface area contributed by atoms with Gasteiger partial charge in [0.1, 0.15) is 21.5 Å². The molecule has 0 spiro atoms. The Hall–Kier alpha value is -3.32. The van der Waals surface area contributed by atoms with E-state index in [4.69, 9.17) is 23.1 Å². The van der Waals surface area contributed by atoms with Crippen LogP contribution in [-0.2, 0) is 16.4 Å². The molecule has 1 saturated heterocycles. The molecule has 0 aliphatic carbocycles. The second kappa shape index (κ2) is 10.7. The second-order valence-electron chi connectivity index (χ2n) is 10.2. The summed E-state index contributed by atoms with van der Waals surface area (Å²) in [6.07, 6.45) is 6.13. The van der Waals surface area contributed by atoms with E-state index in [0.717, 1.165) is 16.5 Å². The van der Waals surface area contributed by atoms with Gasteiger partial charge in [-0.2, -0.15) is 5.10 Å². The summed E-state index contributed by atoms with van der Waals surface area (Å²) in [5, 5.41) is 9.85. The quantitative estimate of drug-likeness (QED) is 0.273. The van der Waals surface area contributed by atoms with Crippen molar-refractivity contribution in [2.75, 3.05) is 35.3 Å². The van der Waals surface area contributed by atoms with Gasteiger partial charge >= 0.3 is 0 Å². The number of hydrogen-bond donors (Lipinski definition) is 3. The van der Waals surface area contributed by atoms with Crippen molar-refractivity contribution in [2.45, 2.75) is 32.5 Å². The number of nitrogens with two attached hydrogens (primary N) is 2. The number of pyridine rings is 1. The van der Waals surface area contributed by atoms with Crippen LogP contribution in [0.3, 0.4) is 0 Å². The normalized spacial score (nSPS) is 17.6. The highest BCUT2D eigenvalue weighted by Crippen LogP contribution is 2.38. The first-order valence-corrected chi connectivity index (χ1v) is 15.1. The minimum absolute atomic E-state index is 0.0823. The fourth-order valence-corrected chi connectivity index (χ4v) is 6.26. The molecule has 5 N–H and O–H groups in total. The summed E-state index contributed by atoms with van der Waals surface area (Å²) >= 11 is 6.32. The fraction of sp³-hybridized carbons (Fsp3) is 0.385. The van der Waals surface area contributed by atoms with E-state index in [0.29, 0.717) is 47.8 Å². The highest BCUT2D eigenvalue weighted by Gasteiger charge is 2.39. The summed E-state index contributed by atoms with van der Waals surface area (Å²) in [5.41, 5.74) is 14.8. The lowest BCUT2D eigenvalue weighted by atomic mass is 9.92. The van der Waals surface area contributed by atoms with Crippen LogP contribution in [-0.4, -0.2) is 64.4 Å². The number of nitrogens with zero attached hydrogens (tertiary/aromatic N) is 6. The third-order valence-electron chi connectivity index (χ3n) is 6.86. The van der Waals surface area contributed by atoms with E-state index in [2.05, 4.69) is 45.3 Å². The number of fused-ring (bicyclic) bond motifs is 1. The van der Waals surface area contributed by atoms with Gasteiger partial charge in [0.25, 0.3) is 0 Å². The van der Waals surface area contributed by atoms with Crippen LogP contribution in [0.4, 0.5) is 17.3 Å². The van der Waals surface area contributed by atoms with Crippen LogP contribution in [0.15, 0.2) is 42.9 Å². The summed E-state index contributed by atoms with van der Waals surface area (Å²) in [4.78, 5) is 15.7. The third kappa shape index (κ3) is 5.69. The first-order chi connectivity index (χ1) is 18.5. The Balaban J connectivity index is 1.45. The molecule has 4 aromatic rings. The molecule has 206 valence electrons. The average molecular weight is 570 g/mol. The molecule has 39 heavy (non-hydrogen) atoms. The Bertz CT molecular complexity index is 1620. The Labute approximate surface area is 232 Å². The van der Waals surface area contributed by atoms with Crippen molar-refractivity contribution >= 4 is 49.5 Å². The predicted octanol–water partition coefficient (Wildman–Crippen LogP) is 3.13. The number of hydrogen-bond acceptors (Lipinski definition) is 10. The molecule has 0 unspecified atom stereocenters. The van der Waals surface area contributed by atoms with E-state index in [9.17, 15) is 8.42 Å². The van der Waals surface area contributed by atoms with E-state index in [1.165, 1.54) is 11.8 Å². The lowest BCUT2D eigenvalue weighted by molar-refractivity contribution is 0.328. The summed E-state index contributed by atoms with van der Waals surface area (Å²) in [6.45, 7) is 5.85. The third-order valence-corrected chi connectivity index (χ3v) is 8.17. The summed E-state index contributed by atoms with van der Waals surface area (Å²) in [5.74, 6) is 1.88. The molecule has 5 rings (SSSR count). The molecule has 0 bridgehead atoms. The van der Waals surface area contributed by atoms with Crippen molar-refractivity contribution in [2.24, 2.45) is 17.4 Å². The van der Waals surface area contributed by atoms with Crippen LogP contribution in [0.25, 0.3) is 22.2 Å². The van der Waals surface area contributed by atoms with Crippen molar-refractivity contribution in [1.82, 2.24) is 24.7 Å². The standard InChI is InChI=1S/C26H32ClN9O2S/c1-15(2)17-4-5-21(36-12-16(25(36)29)14-39(3,37)38)19-11-31-23(10-18(17)19)32-22-6-8-30-26(33-22)20-13-35(9-7-28)34-24(20)27/h4-6,8,10-11,13,15-16,25H,7,9,12,14,28-29H2,1-3H3,(H,30,31,32,33)/t16-,25+/m1/s1.